The molecule has 2 nitrogen and oxygen atoms in total. The number of carbonyl (C=O) groups is 1. The molecule has 1 N–H and O–H groups in total. The molecule has 0 aliphatic carbocycles. The Morgan fingerprint density at radius 1 is 1.53 bits per heavy atom. The van der Waals surface area contributed by atoms with Gasteiger partial charge < -0.3 is 5.32 Å². The number of hydrogen-bond donors (Lipinski definition) is 1. The summed E-state index contributed by atoms with van der Waals surface area (Å²) in [6.45, 7) is 1.63. The lowest BCUT2D eigenvalue weighted by Crippen LogP contribution is -2.29. The van der Waals surface area contributed by atoms with Crippen LogP contribution in [0.3, 0.4) is 0 Å². The summed E-state index contributed by atoms with van der Waals surface area (Å²) in [6, 6.07) is 3.14. The largest absolute Gasteiger partial charge is 0.351 e. The minimum Gasteiger partial charge on any atom is -0.351 e. The van der Waals surface area contributed by atoms with E-state index in [9.17, 15) is 13.6 Å². The Hall–Kier alpha value is -0.970. The van der Waals surface area contributed by atoms with Crippen molar-refractivity contribution in [3.8, 4) is 0 Å². The van der Waals surface area contributed by atoms with Gasteiger partial charge in [0.15, 0.2) is 0 Å². The van der Waals surface area contributed by atoms with Gasteiger partial charge in [-0.1, -0.05) is 15.9 Å². The molecule has 1 unspecified atom stereocenters. The third-order valence-electron chi connectivity index (χ3n) is 1.82. The summed E-state index contributed by atoms with van der Waals surface area (Å²) in [6.07, 6.45) is 0. The van der Waals surface area contributed by atoms with Gasteiger partial charge in [0.1, 0.15) is 11.6 Å². The average molecular weight is 278 g/mol. The zero-order chi connectivity index (χ0) is 11.4. The molecule has 1 rings (SSSR count). The fourth-order valence-corrected chi connectivity index (χ4v) is 1.16. The Bertz CT molecular complexity index is 368. The third-order valence-corrected chi connectivity index (χ3v) is 2.24. The third kappa shape index (κ3) is 3.58. The molecule has 0 radical (unpaired) electrons. The Morgan fingerprint density at radius 3 is 2.80 bits per heavy atom. The van der Waals surface area contributed by atoms with Gasteiger partial charge >= 0.3 is 0 Å². The highest BCUT2D eigenvalue weighted by Gasteiger charge is 2.09. The summed E-state index contributed by atoms with van der Waals surface area (Å²) in [7, 11) is 0. The fraction of sp³-hybridized carbons (Fsp3) is 0.300. The van der Waals surface area contributed by atoms with E-state index in [2.05, 4.69) is 21.2 Å². The van der Waals surface area contributed by atoms with Crippen molar-refractivity contribution in [2.24, 2.45) is 0 Å². The molecule has 5 heteroatoms. The fourth-order valence-electron chi connectivity index (χ4n) is 1.00. The van der Waals surface area contributed by atoms with Crippen molar-refractivity contribution in [2.75, 3.05) is 0 Å². The van der Waals surface area contributed by atoms with Gasteiger partial charge in [0.25, 0.3) is 0 Å². The summed E-state index contributed by atoms with van der Waals surface area (Å²) in [5, 5.41) is 2.47. The predicted octanol–water partition coefficient (Wildman–Crippen LogP) is 2.36. The van der Waals surface area contributed by atoms with E-state index in [-0.39, 0.29) is 22.8 Å². The van der Waals surface area contributed by atoms with E-state index in [1.807, 2.05) is 0 Å². The van der Waals surface area contributed by atoms with Crippen LogP contribution in [-0.4, -0.2) is 10.7 Å². The summed E-state index contributed by atoms with van der Waals surface area (Å²) in [4.78, 5) is 10.8. The van der Waals surface area contributed by atoms with Crippen molar-refractivity contribution in [1.82, 2.24) is 5.32 Å². The second kappa shape index (κ2) is 5.21. The number of benzene rings is 1. The number of nitrogens with one attached hydrogen (secondary N) is 1. The number of carbonyl (C=O) groups excluding carboxylic acids is 1. The Labute approximate surface area is 94.8 Å². The monoisotopic (exact) mass is 277 g/mol. The first-order valence-corrected chi connectivity index (χ1v) is 5.28. The van der Waals surface area contributed by atoms with Gasteiger partial charge in [-0.25, -0.2) is 8.78 Å². The van der Waals surface area contributed by atoms with Crippen LogP contribution in [0.4, 0.5) is 8.78 Å². The van der Waals surface area contributed by atoms with E-state index in [0.29, 0.717) is 0 Å². The van der Waals surface area contributed by atoms with Crippen LogP contribution in [0.5, 0.6) is 0 Å². The second-order valence-electron chi connectivity index (χ2n) is 3.07. The van der Waals surface area contributed by atoms with Crippen molar-refractivity contribution < 1.29 is 13.6 Å². The van der Waals surface area contributed by atoms with E-state index in [0.717, 1.165) is 18.2 Å². The summed E-state index contributed by atoms with van der Waals surface area (Å²) in [5.41, 5.74) is 0.136. The van der Waals surface area contributed by atoms with Gasteiger partial charge in [0.2, 0.25) is 5.91 Å². The first kappa shape index (κ1) is 12.1. The normalized spacial score (nSPS) is 12.3. The molecule has 0 heterocycles. The van der Waals surface area contributed by atoms with Crippen molar-refractivity contribution in [3.05, 3.63) is 35.4 Å². The van der Waals surface area contributed by atoms with Gasteiger partial charge in [-0.05, 0) is 25.1 Å². The smallest absolute Gasteiger partial charge is 0.233 e. The van der Waals surface area contributed by atoms with Gasteiger partial charge in [0, 0.05) is 12.1 Å². The molecule has 0 fully saturated rings. The van der Waals surface area contributed by atoms with Crippen LogP contribution in [0, 0.1) is 11.6 Å². The van der Waals surface area contributed by atoms with Crippen LogP contribution in [0.25, 0.3) is 0 Å². The molecule has 82 valence electrons. The summed E-state index contributed by atoms with van der Waals surface area (Å²) >= 11 is 3.07. The minimum absolute atomic E-state index is 0.0155. The molecule has 0 bridgehead atoms. The zero-order valence-corrected chi connectivity index (χ0v) is 9.64. The van der Waals surface area contributed by atoms with E-state index in [1.165, 1.54) is 0 Å². The van der Waals surface area contributed by atoms with Crippen LogP contribution in [0.15, 0.2) is 18.2 Å². The highest BCUT2D eigenvalue weighted by atomic mass is 79.9. The highest BCUT2D eigenvalue weighted by Crippen LogP contribution is 2.09. The van der Waals surface area contributed by atoms with E-state index < -0.39 is 11.6 Å². The van der Waals surface area contributed by atoms with E-state index >= 15 is 0 Å². The Kier molecular flexibility index (Phi) is 4.20. The van der Waals surface area contributed by atoms with Gasteiger partial charge in [-0.3, -0.25) is 4.79 Å². The summed E-state index contributed by atoms with van der Waals surface area (Å²) in [5.74, 6) is -1.31. The SMILES string of the molecule is CC(Br)C(=O)NCc1cc(F)ccc1F. The molecule has 1 aromatic carbocycles. The molecule has 0 saturated heterocycles. The van der Waals surface area contributed by atoms with Crippen LogP contribution in [0.2, 0.25) is 0 Å². The Balaban J connectivity index is 2.65. The molecule has 0 aliphatic heterocycles. The molecular weight excluding hydrogens is 268 g/mol. The molecule has 1 atom stereocenters. The highest BCUT2D eigenvalue weighted by molar-refractivity contribution is 9.10. The second-order valence-corrected chi connectivity index (χ2v) is 4.44. The van der Waals surface area contributed by atoms with Gasteiger partial charge in [-0.2, -0.15) is 0 Å². The average Bonchev–Trinajstić information content (AvgIpc) is 2.18. The van der Waals surface area contributed by atoms with E-state index in [4.69, 9.17) is 0 Å². The molecule has 0 aliphatic rings. The molecule has 0 aromatic heterocycles. The first-order valence-electron chi connectivity index (χ1n) is 4.36. The van der Waals surface area contributed by atoms with Crippen LogP contribution >= 0.6 is 15.9 Å². The molecule has 1 aromatic rings. The first-order chi connectivity index (χ1) is 7.00. The zero-order valence-electron chi connectivity index (χ0n) is 8.06. The van der Waals surface area contributed by atoms with E-state index in [1.54, 1.807) is 6.92 Å². The van der Waals surface area contributed by atoms with Gasteiger partial charge in [-0.15, -0.1) is 0 Å². The standard InChI is InChI=1S/C10H10BrF2NO/c1-6(11)10(15)14-5-7-4-8(12)2-3-9(7)13/h2-4,6H,5H2,1H3,(H,14,15). The maximum atomic E-state index is 13.1. The minimum atomic E-state index is -0.529. The summed E-state index contributed by atoms with van der Waals surface area (Å²) < 4.78 is 25.8. The van der Waals surface area contributed by atoms with Crippen molar-refractivity contribution in [1.29, 1.82) is 0 Å². The van der Waals surface area contributed by atoms with Crippen molar-refractivity contribution >= 4 is 21.8 Å². The quantitative estimate of drug-likeness (QED) is 0.845. The molecule has 1 amide bonds. The predicted molar refractivity (Wildman–Crippen MR) is 56.6 cm³/mol. The lowest BCUT2D eigenvalue weighted by atomic mass is 10.2. The molecular formula is C10H10BrF2NO. The maximum absolute atomic E-state index is 13.1. The number of alkyl halides is 1. The number of hydrogen-bond acceptors (Lipinski definition) is 1. The van der Waals surface area contributed by atoms with Crippen LogP contribution in [0.1, 0.15) is 12.5 Å². The maximum Gasteiger partial charge on any atom is 0.233 e. The van der Waals surface area contributed by atoms with Crippen LogP contribution in [-0.2, 0) is 11.3 Å². The lowest BCUT2D eigenvalue weighted by Gasteiger charge is -2.07. The number of amides is 1. The van der Waals surface area contributed by atoms with Crippen LogP contribution < -0.4 is 5.32 Å². The lowest BCUT2D eigenvalue weighted by molar-refractivity contribution is -0.120. The number of halogens is 3. The topological polar surface area (TPSA) is 29.1 Å². The Morgan fingerprint density at radius 2 is 2.20 bits per heavy atom. The van der Waals surface area contributed by atoms with Gasteiger partial charge in [0.05, 0.1) is 4.83 Å². The number of rotatable bonds is 3. The molecule has 0 spiro atoms. The van der Waals surface area contributed by atoms with Crippen molar-refractivity contribution in [3.63, 3.8) is 0 Å². The molecule has 0 saturated carbocycles. The van der Waals surface area contributed by atoms with Crippen molar-refractivity contribution in [2.45, 2.75) is 18.3 Å². The molecule has 15 heavy (non-hydrogen) atoms.